The fourth-order valence-electron chi connectivity index (χ4n) is 2.62. The molecule has 2 nitrogen and oxygen atoms in total. The van der Waals surface area contributed by atoms with Crippen LogP contribution in [-0.4, -0.2) is 4.98 Å². The van der Waals surface area contributed by atoms with Crippen LogP contribution < -0.4 is 0 Å². The zero-order valence-corrected chi connectivity index (χ0v) is 9.00. The molecule has 3 heteroatoms. The Kier molecular flexibility index (Phi) is 1.88. The zero-order valence-electron chi connectivity index (χ0n) is 8.24. The van der Waals surface area contributed by atoms with Crippen LogP contribution in [0.5, 0.6) is 0 Å². The summed E-state index contributed by atoms with van der Waals surface area (Å²) in [5.41, 5.74) is 0. The Morgan fingerprint density at radius 1 is 1.43 bits per heavy atom. The molecule has 0 bridgehead atoms. The van der Waals surface area contributed by atoms with E-state index in [1.165, 1.54) is 19.3 Å². The first kappa shape index (κ1) is 8.78. The maximum atomic E-state index is 5.90. The average molecular weight is 212 g/mol. The number of hydrogen-bond acceptors (Lipinski definition) is 2. The highest BCUT2D eigenvalue weighted by Gasteiger charge is 2.47. The van der Waals surface area contributed by atoms with Gasteiger partial charge in [-0.05, 0) is 38.0 Å². The first-order valence-corrected chi connectivity index (χ1v) is 5.77. The maximum absolute atomic E-state index is 5.90. The standard InChI is InChI=1S/C11H14ClNO/c1-6(12)11-13-5-10(14-11)9-3-7-2-8(7)4-9/h5-9H,2-4H2,1H3. The highest BCUT2D eigenvalue weighted by atomic mass is 35.5. The molecule has 76 valence electrons. The van der Waals surface area contributed by atoms with Crippen molar-refractivity contribution in [2.45, 2.75) is 37.5 Å². The first-order chi connectivity index (χ1) is 6.74. The number of halogens is 1. The number of alkyl halides is 1. The van der Waals surface area contributed by atoms with Gasteiger partial charge >= 0.3 is 0 Å². The summed E-state index contributed by atoms with van der Waals surface area (Å²) in [7, 11) is 0. The second kappa shape index (κ2) is 2.99. The van der Waals surface area contributed by atoms with Gasteiger partial charge in [0, 0.05) is 5.92 Å². The van der Waals surface area contributed by atoms with Gasteiger partial charge in [0.2, 0.25) is 5.89 Å². The van der Waals surface area contributed by atoms with E-state index in [1.54, 1.807) is 0 Å². The van der Waals surface area contributed by atoms with Gasteiger partial charge in [-0.1, -0.05) is 0 Å². The maximum Gasteiger partial charge on any atom is 0.212 e. The number of fused-ring (bicyclic) bond motifs is 1. The molecule has 2 aliphatic carbocycles. The second-order valence-electron chi connectivity index (χ2n) is 4.64. The monoisotopic (exact) mass is 211 g/mol. The molecule has 0 amide bonds. The van der Waals surface area contributed by atoms with E-state index in [2.05, 4.69) is 4.98 Å². The highest BCUT2D eigenvalue weighted by molar-refractivity contribution is 6.20. The summed E-state index contributed by atoms with van der Waals surface area (Å²) in [6.07, 6.45) is 5.92. The van der Waals surface area contributed by atoms with Gasteiger partial charge in [0.25, 0.3) is 0 Å². The Balaban J connectivity index is 1.76. The normalized spacial score (nSPS) is 36.9. The summed E-state index contributed by atoms with van der Waals surface area (Å²) in [5.74, 6) is 4.32. The van der Waals surface area contributed by atoms with Crippen molar-refractivity contribution in [2.75, 3.05) is 0 Å². The van der Waals surface area contributed by atoms with E-state index >= 15 is 0 Å². The molecule has 0 aliphatic heterocycles. The third-order valence-corrected chi connectivity index (χ3v) is 3.71. The predicted octanol–water partition coefficient (Wildman–Crippen LogP) is 3.49. The van der Waals surface area contributed by atoms with Crippen LogP contribution >= 0.6 is 11.6 Å². The average Bonchev–Trinajstić information content (AvgIpc) is 2.69. The fourth-order valence-corrected chi connectivity index (χ4v) is 2.72. The van der Waals surface area contributed by atoms with Gasteiger partial charge in [-0.15, -0.1) is 11.6 Å². The molecule has 0 spiro atoms. The van der Waals surface area contributed by atoms with Crippen LogP contribution in [0.4, 0.5) is 0 Å². The van der Waals surface area contributed by atoms with E-state index in [9.17, 15) is 0 Å². The fraction of sp³-hybridized carbons (Fsp3) is 0.727. The summed E-state index contributed by atoms with van der Waals surface area (Å²) in [6.45, 7) is 1.89. The van der Waals surface area contributed by atoms with Crippen molar-refractivity contribution in [2.24, 2.45) is 11.8 Å². The third kappa shape index (κ3) is 1.36. The predicted molar refractivity (Wildman–Crippen MR) is 54.3 cm³/mol. The number of aromatic nitrogens is 1. The minimum atomic E-state index is -0.111. The Morgan fingerprint density at radius 3 is 2.71 bits per heavy atom. The molecule has 0 saturated heterocycles. The Bertz CT molecular complexity index is 337. The van der Waals surface area contributed by atoms with Crippen LogP contribution in [0.1, 0.15) is 49.1 Å². The molecule has 14 heavy (non-hydrogen) atoms. The van der Waals surface area contributed by atoms with Gasteiger partial charge in [-0.25, -0.2) is 4.98 Å². The van der Waals surface area contributed by atoms with E-state index in [0.717, 1.165) is 17.6 Å². The molecule has 3 unspecified atom stereocenters. The summed E-state index contributed by atoms with van der Waals surface area (Å²) in [5, 5.41) is -0.111. The smallest absolute Gasteiger partial charge is 0.212 e. The third-order valence-electron chi connectivity index (χ3n) is 3.53. The lowest BCUT2D eigenvalue weighted by molar-refractivity contribution is 0.412. The van der Waals surface area contributed by atoms with Gasteiger partial charge < -0.3 is 4.42 Å². The SMILES string of the molecule is CC(Cl)c1ncc(C2CC3CC3C2)o1. The van der Waals surface area contributed by atoms with E-state index in [-0.39, 0.29) is 5.38 Å². The van der Waals surface area contributed by atoms with Gasteiger partial charge in [-0.2, -0.15) is 0 Å². The Morgan fingerprint density at radius 2 is 2.14 bits per heavy atom. The molecule has 3 rings (SSSR count). The van der Waals surface area contributed by atoms with Crippen molar-refractivity contribution >= 4 is 11.6 Å². The summed E-state index contributed by atoms with van der Waals surface area (Å²) < 4.78 is 5.65. The van der Waals surface area contributed by atoms with Gasteiger partial charge in [0.15, 0.2) is 0 Å². The number of rotatable bonds is 2. The molecule has 1 aromatic rings. The van der Waals surface area contributed by atoms with Crippen molar-refractivity contribution in [3.63, 3.8) is 0 Å². The molecule has 2 fully saturated rings. The Hall–Kier alpha value is -0.500. The second-order valence-corrected chi connectivity index (χ2v) is 5.30. The van der Waals surface area contributed by atoms with Gasteiger partial charge in [0.1, 0.15) is 11.1 Å². The zero-order chi connectivity index (χ0) is 9.71. The lowest BCUT2D eigenvalue weighted by Gasteiger charge is -2.06. The molecule has 0 radical (unpaired) electrons. The summed E-state index contributed by atoms with van der Waals surface area (Å²) in [4.78, 5) is 4.20. The van der Waals surface area contributed by atoms with Crippen LogP contribution in [0.25, 0.3) is 0 Å². The number of hydrogen-bond donors (Lipinski definition) is 0. The van der Waals surface area contributed by atoms with E-state index in [0.29, 0.717) is 11.8 Å². The molecule has 1 aromatic heterocycles. The molecule has 2 aliphatic rings. The topological polar surface area (TPSA) is 26.0 Å². The molecule has 0 aromatic carbocycles. The lowest BCUT2D eigenvalue weighted by atomic mass is 10.0. The molecular formula is C11H14ClNO. The quantitative estimate of drug-likeness (QED) is 0.700. The van der Waals surface area contributed by atoms with E-state index < -0.39 is 0 Å². The van der Waals surface area contributed by atoms with Crippen molar-refractivity contribution in [3.8, 4) is 0 Å². The minimum absolute atomic E-state index is 0.111. The van der Waals surface area contributed by atoms with Gasteiger partial charge in [-0.3, -0.25) is 0 Å². The van der Waals surface area contributed by atoms with Crippen LogP contribution in [0.2, 0.25) is 0 Å². The lowest BCUT2D eigenvalue weighted by Crippen LogP contribution is -1.93. The van der Waals surface area contributed by atoms with Crippen LogP contribution in [0, 0.1) is 11.8 Å². The van der Waals surface area contributed by atoms with Crippen molar-refractivity contribution in [1.82, 2.24) is 4.98 Å². The molecule has 0 N–H and O–H groups in total. The molecule has 1 heterocycles. The summed E-state index contributed by atoms with van der Waals surface area (Å²) in [6, 6.07) is 0. The van der Waals surface area contributed by atoms with E-state index in [4.69, 9.17) is 16.0 Å². The highest BCUT2D eigenvalue weighted by Crippen LogP contribution is 2.57. The number of oxazole rings is 1. The van der Waals surface area contributed by atoms with Crippen LogP contribution in [-0.2, 0) is 0 Å². The molecule has 3 atom stereocenters. The van der Waals surface area contributed by atoms with Gasteiger partial charge in [0.05, 0.1) is 6.20 Å². The van der Waals surface area contributed by atoms with Crippen molar-refractivity contribution in [3.05, 3.63) is 17.8 Å². The van der Waals surface area contributed by atoms with Crippen molar-refractivity contribution < 1.29 is 4.42 Å². The number of nitrogens with zero attached hydrogens (tertiary/aromatic N) is 1. The molecular weight excluding hydrogens is 198 g/mol. The largest absolute Gasteiger partial charge is 0.444 e. The Labute approximate surface area is 88.7 Å². The van der Waals surface area contributed by atoms with Crippen LogP contribution in [0.3, 0.4) is 0 Å². The van der Waals surface area contributed by atoms with Crippen LogP contribution in [0.15, 0.2) is 10.6 Å². The first-order valence-electron chi connectivity index (χ1n) is 5.33. The van der Waals surface area contributed by atoms with E-state index in [1.807, 2.05) is 13.1 Å². The summed E-state index contributed by atoms with van der Waals surface area (Å²) >= 11 is 5.90. The molecule has 2 saturated carbocycles. The minimum Gasteiger partial charge on any atom is -0.444 e. The van der Waals surface area contributed by atoms with Crippen molar-refractivity contribution in [1.29, 1.82) is 0 Å².